The van der Waals surface area contributed by atoms with Crippen molar-refractivity contribution in [3.63, 3.8) is 0 Å². The van der Waals surface area contributed by atoms with E-state index in [1.807, 2.05) is 0 Å². The maximum Gasteiger partial charge on any atom is 0.330 e. The van der Waals surface area contributed by atoms with Crippen LogP contribution in [0.25, 0.3) is 0 Å². The first-order chi connectivity index (χ1) is 13.9. The fourth-order valence-electron chi connectivity index (χ4n) is 4.65. The van der Waals surface area contributed by atoms with Crippen molar-refractivity contribution in [3.05, 3.63) is 32.6 Å². The molecule has 3 rings (SSSR count). The minimum Gasteiger partial charge on any atom is -0.378 e. The van der Waals surface area contributed by atoms with Crippen molar-refractivity contribution >= 4 is 0 Å². The molecular formula is C22H36N2O5. The molecule has 7 heteroatoms. The Morgan fingerprint density at radius 2 is 1.97 bits per heavy atom. The van der Waals surface area contributed by atoms with Gasteiger partial charge in [0.1, 0.15) is 11.8 Å². The van der Waals surface area contributed by atoms with Gasteiger partial charge in [0.15, 0.2) is 0 Å². The van der Waals surface area contributed by atoms with Gasteiger partial charge in [-0.05, 0) is 38.5 Å². The lowest BCUT2D eigenvalue weighted by Gasteiger charge is -2.41. The van der Waals surface area contributed by atoms with E-state index in [9.17, 15) is 9.59 Å². The molecule has 1 saturated carbocycles. The summed E-state index contributed by atoms with van der Waals surface area (Å²) in [5.41, 5.74) is -0.834. The van der Waals surface area contributed by atoms with Gasteiger partial charge < -0.3 is 14.2 Å². The van der Waals surface area contributed by atoms with E-state index in [4.69, 9.17) is 14.2 Å². The van der Waals surface area contributed by atoms with Gasteiger partial charge in [0.25, 0.3) is 5.56 Å². The molecule has 0 spiro atoms. The van der Waals surface area contributed by atoms with E-state index in [2.05, 4.69) is 25.8 Å². The quantitative estimate of drug-likeness (QED) is 0.602. The zero-order valence-corrected chi connectivity index (χ0v) is 18.2. The largest absolute Gasteiger partial charge is 0.378 e. The molecule has 2 bridgehead atoms. The van der Waals surface area contributed by atoms with Crippen molar-refractivity contribution < 1.29 is 14.2 Å². The van der Waals surface area contributed by atoms with Crippen LogP contribution in [0.5, 0.6) is 0 Å². The third-order valence-electron chi connectivity index (χ3n) is 6.44. The number of nitrogens with one attached hydrogen (secondary N) is 1. The van der Waals surface area contributed by atoms with Crippen molar-refractivity contribution in [2.75, 3.05) is 19.8 Å². The molecule has 1 N–H and O–H groups in total. The lowest BCUT2D eigenvalue weighted by molar-refractivity contribution is -0.160. The van der Waals surface area contributed by atoms with Gasteiger partial charge in [0.05, 0.1) is 12.7 Å². The number of hydrogen-bond acceptors (Lipinski definition) is 5. The normalized spacial score (nSPS) is 31.3. The van der Waals surface area contributed by atoms with Crippen LogP contribution in [0.1, 0.15) is 71.1 Å². The van der Waals surface area contributed by atoms with Crippen LogP contribution in [-0.2, 0) is 14.2 Å². The third-order valence-corrected chi connectivity index (χ3v) is 6.44. The average molecular weight is 409 g/mol. The highest BCUT2D eigenvalue weighted by Crippen LogP contribution is 2.53. The number of fused-ring (bicyclic) bond motifs is 2. The number of ether oxygens (including phenoxy) is 3. The molecule has 164 valence electrons. The summed E-state index contributed by atoms with van der Waals surface area (Å²) in [6.07, 6.45) is 7.04. The lowest BCUT2D eigenvalue weighted by atomic mass is 9.72. The number of nitrogens with zero attached hydrogens (tertiary/aromatic N) is 1. The van der Waals surface area contributed by atoms with Crippen LogP contribution >= 0.6 is 0 Å². The molecule has 1 aromatic rings. The third kappa shape index (κ3) is 4.52. The van der Waals surface area contributed by atoms with E-state index >= 15 is 0 Å². The Morgan fingerprint density at radius 1 is 1.24 bits per heavy atom. The molecule has 1 saturated heterocycles. The molecule has 2 fully saturated rings. The Morgan fingerprint density at radius 3 is 2.69 bits per heavy atom. The molecule has 1 aliphatic heterocycles. The highest BCUT2D eigenvalue weighted by atomic mass is 16.6. The molecule has 2 heterocycles. The first kappa shape index (κ1) is 22.2. The van der Waals surface area contributed by atoms with Gasteiger partial charge in [0, 0.05) is 30.9 Å². The van der Waals surface area contributed by atoms with E-state index < -0.39 is 17.5 Å². The van der Waals surface area contributed by atoms with Crippen molar-refractivity contribution in [1.82, 2.24) is 9.55 Å². The van der Waals surface area contributed by atoms with Crippen LogP contribution in [0, 0.1) is 18.8 Å². The maximum atomic E-state index is 12.6. The van der Waals surface area contributed by atoms with Crippen LogP contribution in [0.4, 0.5) is 0 Å². The molecule has 0 amide bonds. The first-order valence-corrected chi connectivity index (χ1v) is 11.1. The van der Waals surface area contributed by atoms with Gasteiger partial charge in [0.2, 0.25) is 0 Å². The Bertz CT molecular complexity index is 788. The van der Waals surface area contributed by atoms with Gasteiger partial charge in [-0.1, -0.05) is 33.6 Å². The van der Waals surface area contributed by atoms with Gasteiger partial charge in [-0.2, -0.15) is 0 Å². The zero-order chi connectivity index (χ0) is 21.0. The summed E-state index contributed by atoms with van der Waals surface area (Å²) in [4.78, 5) is 26.9. The van der Waals surface area contributed by atoms with E-state index in [-0.39, 0.29) is 17.6 Å². The van der Waals surface area contributed by atoms with Crippen molar-refractivity contribution in [3.8, 4) is 0 Å². The van der Waals surface area contributed by atoms with Gasteiger partial charge in [-0.25, -0.2) is 4.79 Å². The minimum absolute atomic E-state index is 0.0402. The number of unbranched alkanes of at least 4 members (excludes halogenated alkanes) is 2. The van der Waals surface area contributed by atoms with Crippen LogP contribution < -0.4 is 11.2 Å². The SMILES string of the molecule is CCCCOC[C@]12CC[C@@H](C)[C@@H](C1OCCCC)[C@H](n1cc(C)c(=O)[nH]c1=O)O2. The molecule has 0 radical (unpaired) electrons. The topological polar surface area (TPSA) is 82.5 Å². The number of rotatable bonds is 10. The summed E-state index contributed by atoms with van der Waals surface area (Å²) in [7, 11) is 0. The second kappa shape index (κ2) is 9.58. The summed E-state index contributed by atoms with van der Waals surface area (Å²) < 4.78 is 20.6. The van der Waals surface area contributed by atoms with Crippen LogP contribution in [0.2, 0.25) is 0 Å². The molecule has 29 heavy (non-hydrogen) atoms. The second-order valence-corrected chi connectivity index (χ2v) is 8.70. The molecule has 1 unspecified atom stereocenters. The van der Waals surface area contributed by atoms with Crippen molar-refractivity contribution in [2.24, 2.45) is 11.8 Å². The molecule has 0 aromatic carbocycles. The number of aromatic nitrogens is 2. The molecule has 1 aromatic heterocycles. The summed E-state index contributed by atoms with van der Waals surface area (Å²) in [6, 6.07) is 0. The van der Waals surface area contributed by atoms with E-state index in [1.165, 1.54) is 0 Å². The molecular weight excluding hydrogens is 372 g/mol. The van der Waals surface area contributed by atoms with Crippen LogP contribution in [0.15, 0.2) is 15.8 Å². The fraction of sp³-hybridized carbons (Fsp3) is 0.818. The zero-order valence-electron chi connectivity index (χ0n) is 18.2. The predicted molar refractivity (Wildman–Crippen MR) is 111 cm³/mol. The van der Waals surface area contributed by atoms with Gasteiger partial charge in [-0.15, -0.1) is 0 Å². The van der Waals surface area contributed by atoms with Gasteiger partial charge >= 0.3 is 5.69 Å². The Balaban J connectivity index is 1.93. The number of H-pyrrole nitrogens is 1. The number of hydrogen-bond donors (Lipinski definition) is 1. The monoisotopic (exact) mass is 408 g/mol. The fourth-order valence-corrected chi connectivity index (χ4v) is 4.65. The summed E-state index contributed by atoms with van der Waals surface area (Å²) in [5, 5.41) is 0. The van der Waals surface area contributed by atoms with E-state index in [0.29, 0.717) is 31.3 Å². The molecule has 5 atom stereocenters. The lowest BCUT2D eigenvalue weighted by Crippen LogP contribution is -2.51. The Labute approximate surface area is 172 Å². The highest BCUT2D eigenvalue weighted by Gasteiger charge is 2.61. The molecule has 7 nitrogen and oxygen atoms in total. The summed E-state index contributed by atoms with van der Waals surface area (Å²) >= 11 is 0. The standard InChI is InChI=1S/C22H36N2O5/c1-5-7-11-27-14-22-10-9-15(3)17(18(22)28-12-8-6-2)20(29-22)24-13-16(4)19(25)23-21(24)26/h13,15,17-18,20H,5-12,14H2,1-4H3,(H,23,25,26)/t15-,17+,18?,20-,22-/m1/s1. The summed E-state index contributed by atoms with van der Waals surface area (Å²) in [6.45, 7) is 10.0. The van der Waals surface area contributed by atoms with Crippen LogP contribution in [-0.4, -0.2) is 41.1 Å². The highest BCUT2D eigenvalue weighted by molar-refractivity contribution is 5.09. The van der Waals surface area contributed by atoms with Crippen molar-refractivity contribution in [1.29, 1.82) is 0 Å². The molecule has 2 aliphatic rings. The van der Waals surface area contributed by atoms with Gasteiger partial charge in [-0.3, -0.25) is 14.3 Å². The van der Waals surface area contributed by atoms with E-state index in [0.717, 1.165) is 38.5 Å². The van der Waals surface area contributed by atoms with Crippen molar-refractivity contribution in [2.45, 2.75) is 84.2 Å². The van der Waals surface area contributed by atoms with E-state index in [1.54, 1.807) is 17.7 Å². The second-order valence-electron chi connectivity index (χ2n) is 8.70. The summed E-state index contributed by atoms with van der Waals surface area (Å²) in [5.74, 6) is 0.385. The predicted octanol–water partition coefficient (Wildman–Crippen LogP) is 3.16. The number of aryl methyl sites for hydroxylation is 1. The minimum atomic E-state index is -0.549. The van der Waals surface area contributed by atoms with Crippen LogP contribution in [0.3, 0.4) is 0 Å². The maximum absolute atomic E-state index is 12.6. The smallest absolute Gasteiger partial charge is 0.330 e. The Hall–Kier alpha value is -1.44. The number of aromatic amines is 1. The molecule has 1 aliphatic carbocycles. The average Bonchev–Trinajstić information content (AvgIpc) is 2.92. The Kier molecular flexibility index (Phi) is 7.35. The first-order valence-electron chi connectivity index (χ1n) is 11.1.